The summed E-state index contributed by atoms with van der Waals surface area (Å²) in [4.78, 5) is 12.5. The molecule has 0 amide bonds. The molecule has 2 aromatic rings. The van der Waals surface area contributed by atoms with E-state index in [4.69, 9.17) is 20.9 Å². The van der Waals surface area contributed by atoms with Gasteiger partial charge in [-0.3, -0.25) is 4.79 Å². The summed E-state index contributed by atoms with van der Waals surface area (Å²) >= 11 is 0. The number of hydrogen-bond acceptors (Lipinski definition) is 9. The fourth-order valence-corrected chi connectivity index (χ4v) is 3.41. The third-order valence-corrected chi connectivity index (χ3v) is 5.03. The summed E-state index contributed by atoms with van der Waals surface area (Å²) in [6.45, 7) is 0.507. The van der Waals surface area contributed by atoms with Crippen molar-refractivity contribution in [3.05, 3.63) is 41.5 Å². The van der Waals surface area contributed by atoms with Crippen LogP contribution in [0, 0.1) is 0 Å². The van der Waals surface area contributed by atoms with Crippen LogP contribution >= 0.6 is 0 Å². The van der Waals surface area contributed by atoms with Crippen molar-refractivity contribution in [1.82, 2.24) is 0 Å². The van der Waals surface area contributed by atoms with E-state index in [1.165, 1.54) is 30.3 Å². The summed E-state index contributed by atoms with van der Waals surface area (Å²) in [6, 6.07) is 5.80. The Hall–Kier alpha value is -3.17. The molecule has 8 N–H and O–H groups in total. The Bertz CT molecular complexity index is 918. The summed E-state index contributed by atoms with van der Waals surface area (Å²) in [7, 11) is 0. The molecule has 0 aliphatic carbocycles. The van der Waals surface area contributed by atoms with Crippen LogP contribution in [-0.4, -0.2) is 45.1 Å². The van der Waals surface area contributed by atoms with Crippen LogP contribution in [0.15, 0.2) is 30.3 Å². The van der Waals surface area contributed by atoms with Crippen LogP contribution in [0.25, 0.3) is 0 Å². The Balaban J connectivity index is 1.88. The number of phenols is 4. The standard InChI is InChI=1S/C21H26N2O7/c22-6-2-1-3-14(23)21(28)30-19-10-13-16(26)8-12(24)9-18(13)29-20(19)11-4-5-15(25)17(27)7-11/h4-5,7-9,14,19-20,24-27H,1-3,6,10,22-23H2/t14-,19?,20?/m0/s1. The van der Waals surface area contributed by atoms with Crippen molar-refractivity contribution in [2.45, 2.75) is 43.9 Å². The van der Waals surface area contributed by atoms with Crippen LogP contribution in [0.2, 0.25) is 0 Å². The molecule has 0 aromatic heterocycles. The molecule has 0 spiro atoms. The molecule has 3 atom stereocenters. The molecule has 0 fully saturated rings. The van der Waals surface area contributed by atoms with Crippen LogP contribution in [0.1, 0.15) is 36.5 Å². The zero-order valence-corrected chi connectivity index (χ0v) is 16.3. The van der Waals surface area contributed by atoms with Gasteiger partial charge in [0.15, 0.2) is 17.6 Å². The molecule has 2 aromatic carbocycles. The van der Waals surface area contributed by atoms with Crippen molar-refractivity contribution in [3.63, 3.8) is 0 Å². The van der Waals surface area contributed by atoms with Crippen LogP contribution < -0.4 is 16.2 Å². The second kappa shape index (κ2) is 9.10. The quantitative estimate of drug-likeness (QED) is 0.222. The number of carbonyl (C=O) groups excluding carboxylic acids is 1. The average molecular weight is 418 g/mol. The van der Waals surface area contributed by atoms with E-state index in [1.807, 2.05) is 0 Å². The average Bonchev–Trinajstić information content (AvgIpc) is 2.70. The lowest BCUT2D eigenvalue weighted by Gasteiger charge is -2.34. The molecule has 9 heteroatoms. The predicted octanol–water partition coefficient (Wildman–Crippen LogP) is 1.55. The first-order chi connectivity index (χ1) is 14.3. The zero-order valence-electron chi connectivity index (χ0n) is 16.3. The largest absolute Gasteiger partial charge is 0.508 e. The first-order valence-electron chi connectivity index (χ1n) is 9.69. The van der Waals surface area contributed by atoms with Gasteiger partial charge in [0.05, 0.1) is 0 Å². The number of hydrogen-bond donors (Lipinski definition) is 6. The van der Waals surface area contributed by atoms with Crippen LogP contribution in [0.5, 0.6) is 28.7 Å². The Morgan fingerprint density at radius 2 is 1.87 bits per heavy atom. The zero-order chi connectivity index (χ0) is 21.8. The highest BCUT2D eigenvalue weighted by atomic mass is 16.6. The SMILES string of the molecule is NCCCC[C@H](N)C(=O)OC1Cc2c(O)cc(O)cc2OC1c1ccc(O)c(O)c1. The summed E-state index contributed by atoms with van der Waals surface area (Å²) < 4.78 is 11.5. The van der Waals surface area contributed by atoms with Crippen LogP contribution in [0.3, 0.4) is 0 Å². The van der Waals surface area contributed by atoms with Gasteiger partial charge in [0.25, 0.3) is 0 Å². The second-order valence-electron chi connectivity index (χ2n) is 7.30. The number of ether oxygens (including phenoxy) is 2. The van der Waals surface area contributed by atoms with E-state index in [9.17, 15) is 25.2 Å². The van der Waals surface area contributed by atoms with Gasteiger partial charge in [-0.25, -0.2) is 0 Å². The number of esters is 1. The van der Waals surface area contributed by atoms with Gasteiger partial charge in [0, 0.05) is 29.7 Å². The van der Waals surface area contributed by atoms with E-state index < -0.39 is 24.2 Å². The Morgan fingerprint density at radius 3 is 2.57 bits per heavy atom. The van der Waals surface area contributed by atoms with Gasteiger partial charge >= 0.3 is 5.97 Å². The minimum Gasteiger partial charge on any atom is -0.508 e. The van der Waals surface area contributed by atoms with E-state index in [2.05, 4.69) is 0 Å². The monoisotopic (exact) mass is 418 g/mol. The fourth-order valence-electron chi connectivity index (χ4n) is 3.41. The molecule has 0 saturated heterocycles. The van der Waals surface area contributed by atoms with Gasteiger partial charge in [-0.2, -0.15) is 0 Å². The van der Waals surface area contributed by atoms with Crippen molar-refractivity contribution >= 4 is 5.97 Å². The Kier molecular flexibility index (Phi) is 6.53. The lowest BCUT2D eigenvalue weighted by molar-refractivity contribution is -0.157. The van der Waals surface area contributed by atoms with Crippen molar-refractivity contribution in [2.24, 2.45) is 11.5 Å². The first-order valence-corrected chi connectivity index (χ1v) is 9.69. The third kappa shape index (κ3) is 4.69. The number of unbranched alkanes of at least 4 members (excludes halogenated alkanes) is 1. The number of fused-ring (bicyclic) bond motifs is 1. The maximum Gasteiger partial charge on any atom is 0.323 e. The molecule has 162 valence electrons. The summed E-state index contributed by atoms with van der Waals surface area (Å²) in [5, 5.41) is 39.4. The summed E-state index contributed by atoms with van der Waals surface area (Å²) in [6.07, 6.45) is 0.244. The highest BCUT2D eigenvalue weighted by Gasteiger charge is 2.37. The first kappa shape index (κ1) is 21.5. The normalized spacial score (nSPS) is 18.9. The van der Waals surface area contributed by atoms with E-state index in [-0.39, 0.29) is 35.2 Å². The van der Waals surface area contributed by atoms with Gasteiger partial charge in [-0.05, 0) is 31.5 Å². The van der Waals surface area contributed by atoms with Crippen molar-refractivity contribution in [3.8, 4) is 28.7 Å². The van der Waals surface area contributed by atoms with Gasteiger partial charge < -0.3 is 41.4 Å². The minimum absolute atomic E-state index is 0.106. The molecule has 1 aliphatic rings. The fraction of sp³-hybridized carbons (Fsp3) is 0.381. The lowest BCUT2D eigenvalue weighted by Crippen LogP contribution is -2.40. The predicted molar refractivity (Wildman–Crippen MR) is 107 cm³/mol. The molecule has 30 heavy (non-hydrogen) atoms. The minimum atomic E-state index is -0.857. The maximum absolute atomic E-state index is 12.5. The molecule has 0 radical (unpaired) electrons. The molecule has 0 bridgehead atoms. The molecule has 1 heterocycles. The number of benzene rings is 2. The molecular formula is C21H26N2O7. The summed E-state index contributed by atoms with van der Waals surface area (Å²) in [5.41, 5.74) is 12.2. The van der Waals surface area contributed by atoms with Crippen molar-refractivity contribution < 1.29 is 34.7 Å². The topological polar surface area (TPSA) is 168 Å². The van der Waals surface area contributed by atoms with Crippen LogP contribution in [-0.2, 0) is 16.0 Å². The van der Waals surface area contributed by atoms with Gasteiger partial charge in [-0.15, -0.1) is 0 Å². The Labute approximate surface area is 173 Å². The van der Waals surface area contributed by atoms with E-state index in [0.29, 0.717) is 30.5 Å². The summed E-state index contributed by atoms with van der Waals surface area (Å²) in [5.74, 6) is -1.42. The van der Waals surface area contributed by atoms with Crippen molar-refractivity contribution in [1.29, 1.82) is 0 Å². The molecule has 2 unspecified atom stereocenters. The maximum atomic E-state index is 12.5. The van der Waals surface area contributed by atoms with Gasteiger partial charge in [0.1, 0.15) is 29.4 Å². The highest BCUT2D eigenvalue weighted by Crippen LogP contribution is 2.43. The molecular weight excluding hydrogens is 392 g/mol. The number of carbonyl (C=O) groups is 1. The number of nitrogens with two attached hydrogens (primary N) is 2. The lowest BCUT2D eigenvalue weighted by atomic mass is 9.93. The van der Waals surface area contributed by atoms with Crippen LogP contribution in [0.4, 0.5) is 0 Å². The third-order valence-electron chi connectivity index (χ3n) is 5.03. The van der Waals surface area contributed by atoms with Gasteiger partial charge in [-0.1, -0.05) is 12.5 Å². The highest BCUT2D eigenvalue weighted by molar-refractivity contribution is 5.75. The van der Waals surface area contributed by atoms with Gasteiger partial charge in [0.2, 0.25) is 0 Å². The van der Waals surface area contributed by atoms with Crippen molar-refractivity contribution in [2.75, 3.05) is 6.54 Å². The van der Waals surface area contributed by atoms with E-state index in [1.54, 1.807) is 0 Å². The molecule has 0 saturated carbocycles. The Morgan fingerprint density at radius 1 is 1.10 bits per heavy atom. The smallest absolute Gasteiger partial charge is 0.323 e. The number of rotatable bonds is 7. The molecule has 1 aliphatic heterocycles. The second-order valence-corrected chi connectivity index (χ2v) is 7.30. The molecule has 9 nitrogen and oxygen atoms in total. The number of aromatic hydroxyl groups is 4. The molecule has 3 rings (SSSR count). The van der Waals surface area contributed by atoms with E-state index in [0.717, 1.165) is 6.42 Å². The number of phenolic OH excluding ortho intramolecular Hbond substituents is 4. The van der Waals surface area contributed by atoms with E-state index >= 15 is 0 Å².